The van der Waals surface area contributed by atoms with E-state index < -0.39 is 0 Å². The Hall–Kier alpha value is -3.71. The maximum atomic E-state index is 12.4. The van der Waals surface area contributed by atoms with Crippen LogP contribution in [0.3, 0.4) is 0 Å². The molecule has 2 heterocycles. The molecule has 0 aliphatic carbocycles. The first-order chi connectivity index (χ1) is 14.7. The van der Waals surface area contributed by atoms with Gasteiger partial charge in [-0.15, -0.1) is 11.3 Å². The van der Waals surface area contributed by atoms with Gasteiger partial charge in [-0.2, -0.15) is 0 Å². The zero-order valence-corrected chi connectivity index (χ0v) is 17.0. The number of thiophene rings is 1. The van der Waals surface area contributed by atoms with Crippen molar-refractivity contribution >= 4 is 60.2 Å². The number of anilines is 2. The number of benzene rings is 3. The lowest BCUT2D eigenvalue weighted by molar-refractivity contribution is 0.262. The van der Waals surface area contributed by atoms with Gasteiger partial charge in [0, 0.05) is 21.5 Å². The van der Waals surface area contributed by atoms with E-state index in [4.69, 9.17) is 14.7 Å². The van der Waals surface area contributed by atoms with Crippen molar-refractivity contribution < 1.29 is 9.53 Å². The quantitative estimate of drug-likeness (QED) is 0.376. The Morgan fingerprint density at radius 3 is 2.40 bits per heavy atom. The predicted octanol–water partition coefficient (Wildman–Crippen LogP) is 6.04. The number of carbonyl (C=O) groups is 1. The van der Waals surface area contributed by atoms with Crippen LogP contribution in [0.1, 0.15) is 6.92 Å². The van der Waals surface area contributed by atoms with Crippen molar-refractivity contribution in [1.82, 2.24) is 9.97 Å². The van der Waals surface area contributed by atoms with Crippen molar-refractivity contribution in [1.29, 1.82) is 0 Å². The molecule has 0 saturated heterocycles. The second-order valence-electron chi connectivity index (χ2n) is 6.72. The van der Waals surface area contributed by atoms with Crippen LogP contribution in [0.25, 0.3) is 31.5 Å². The number of fused-ring (bicyclic) bond motifs is 4. The minimum Gasteiger partial charge on any atom is -0.494 e. The summed E-state index contributed by atoms with van der Waals surface area (Å²) in [5, 5.41) is 6.70. The SMILES string of the molecule is CCOc1ccc(NC(=O)Nc2ccc3sc4nc5ccccc5nc4c3c2)cc1. The molecule has 2 N–H and O–H groups in total. The van der Waals surface area contributed by atoms with Crippen LogP contribution in [0, 0.1) is 0 Å². The van der Waals surface area contributed by atoms with Gasteiger partial charge in [0.15, 0.2) is 0 Å². The van der Waals surface area contributed by atoms with E-state index in [1.807, 2.05) is 61.5 Å². The lowest BCUT2D eigenvalue weighted by Crippen LogP contribution is -2.19. The molecule has 0 unspecified atom stereocenters. The maximum Gasteiger partial charge on any atom is 0.323 e. The van der Waals surface area contributed by atoms with Crippen molar-refractivity contribution in [3.63, 3.8) is 0 Å². The fourth-order valence-electron chi connectivity index (χ4n) is 3.31. The number of nitrogens with one attached hydrogen (secondary N) is 2. The van der Waals surface area contributed by atoms with Gasteiger partial charge in [-0.1, -0.05) is 12.1 Å². The molecular formula is C23H18N4O2S. The van der Waals surface area contributed by atoms with Gasteiger partial charge >= 0.3 is 6.03 Å². The van der Waals surface area contributed by atoms with Gasteiger partial charge in [-0.25, -0.2) is 14.8 Å². The number of amides is 2. The van der Waals surface area contributed by atoms with E-state index in [0.29, 0.717) is 18.0 Å². The summed E-state index contributed by atoms with van der Waals surface area (Å²) in [6.45, 7) is 2.54. The topological polar surface area (TPSA) is 76.1 Å². The standard InChI is InChI=1S/C23H18N4O2S/c1-2-29-16-10-7-14(8-11-16)24-23(28)25-15-9-12-20-17(13-15)21-22(30-20)27-19-6-4-3-5-18(19)26-21/h3-13H,2H2,1H3,(H2,24,25,28). The second kappa shape index (κ2) is 7.61. The fraction of sp³-hybridized carbons (Fsp3) is 0.0870. The molecule has 0 atom stereocenters. The van der Waals surface area contributed by atoms with E-state index in [9.17, 15) is 4.79 Å². The van der Waals surface area contributed by atoms with Gasteiger partial charge in [0.25, 0.3) is 0 Å². The summed E-state index contributed by atoms with van der Waals surface area (Å²) < 4.78 is 6.50. The highest BCUT2D eigenvalue weighted by Gasteiger charge is 2.11. The van der Waals surface area contributed by atoms with E-state index >= 15 is 0 Å². The number of carbonyl (C=O) groups excluding carboxylic acids is 1. The normalized spacial score (nSPS) is 11.1. The van der Waals surface area contributed by atoms with Crippen molar-refractivity contribution in [3.05, 3.63) is 66.7 Å². The predicted molar refractivity (Wildman–Crippen MR) is 123 cm³/mol. The lowest BCUT2D eigenvalue weighted by atomic mass is 10.2. The van der Waals surface area contributed by atoms with Crippen LogP contribution in [-0.4, -0.2) is 22.6 Å². The Bertz CT molecular complexity index is 1380. The Labute approximate surface area is 176 Å². The fourth-order valence-corrected chi connectivity index (χ4v) is 4.32. The lowest BCUT2D eigenvalue weighted by Gasteiger charge is -2.09. The molecule has 0 bridgehead atoms. The summed E-state index contributed by atoms with van der Waals surface area (Å²) in [4.78, 5) is 22.8. The summed E-state index contributed by atoms with van der Waals surface area (Å²) in [7, 11) is 0. The summed E-state index contributed by atoms with van der Waals surface area (Å²) in [5.41, 5.74) is 3.97. The number of urea groups is 1. The third-order valence-electron chi connectivity index (χ3n) is 4.66. The van der Waals surface area contributed by atoms with Crippen LogP contribution in [0.2, 0.25) is 0 Å². The molecule has 2 amide bonds. The maximum absolute atomic E-state index is 12.4. The number of para-hydroxylation sites is 2. The highest BCUT2D eigenvalue weighted by molar-refractivity contribution is 7.25. The van der Waals surface area contributed by atoms with Gasteiger partial charge in [0.1, 0.15) is 16.1 Å². The molecule has 3 aromatic carbocycles. The molecule has 6 nitrogen and oxygen atoms in total. The van der Waals surface area contributed by atoms with E-state index in [0.717, 1.165) is 37.2 Å². The van der Waals surface area contributed by atoms with Crippen molar-refractivity contribution in [2.24, 2.45) is 0 Å². The number of aromatic nitrogens is 2. The average molecular weight is 414 g/mol. The van der Waals surface area contributed by atoms with Gasteiger partial charge < -0.3 is 15.4 Å². The summed E-state index contributed by atoms with van der Waals surface area (Å²) in [6.07, 6.45) is 0. The molecule has 5 aromatic rings. The molecule has 148 valence electrons. The Balaban J connectivity index is 1.40. The smallest absolute Gasteiger partial charge is 0.323 e. The zero-order valence-electron chi connectivity index (χ0n) is 16.2. The number of hydrogen-bond acceptors (Lipinski definition) is 5. The number of rotatable bonds is 4. The molecule has 5 rings (SSSR count). The minimum absolute atomic E-state index is 0.311. The molecule has 0 aliphatic heterocycles. The number of hydrogen-bond donors (Lipinski definition) is 2. The minimum atomic E-state index is -0.311. The van der Waals surface area contributed by atoms with E-state index in [1.54, 1.807) is 23.5 Å². The average Bonchev–Trinajstić information content (AvgIpc) is 3.10. The first kappa shape index (κ1) is 18.3. The first-order valence-corrected chi connectivity index (χ1v) is 10.4. The Kier molecular flexibility index (Phi) is 4.65. The van der Waals surface area contributed by atoms with Crippen LogP contribution in [0.4, 0.5) is 16.2 Å². The van der Waals surface area contributed by atoms with Crippen LogP contribution in [0.15, 0.2) is 66.7 Å². The van der Waals surface area contributed by atoms with Crippen molar-refractivity contribution in [2.75, 3.05) is 17.2 Å². The summed E-state index contributed by atoms with van der Waals surface area (Å²) in [6, 6.07) is 20.6. The molecule has 7 heteroatoms. The van der Waals surface area contributed by atoms with E-state index in [2.05, 4.69) is 10.6 Å². The molecule has 2 aromatic heterocycles. The molecule has 0 fully saturated rings. The molecule has 0 radical (unpaired) electrons. The zero-order chi connectivity index (χ0) is 20.5. The number of nitrogens with zero attached hydrogens (tertiary/aromatic N) is 2. The van der Waals surface area contributed by atoms with Crippen LogP contribution >= 0.6 is 11.3 Å². The largest absolute Gasteiger partial charge is 0.494 e. The highest BCUT2D eigenvalue weighted by atomic mass is 32.1. The van der Waals surface area contributed by atoms with Gasteiger partial charge in [-0.3, -0.25) is 0 Å². The van der Waals surface area contributed by atoms with Gasteiger partial charge in [-0.05, 0) is 61.5 Å². The van der Waals surface area contributed by atoms with E-state index in [-0.39, 0.29) is 6.03 Å². The highest BCUT2D eigenvalue weighted by Crippen LogP contribution is 2.34. The number of ether oxygens (including phenoxy) is 1. The van der Waals surface area contributed by atoms with Gasteiger partial charge in [0.2, 0.25) is 0 Å². The van der Waals surface area contributed by atoms with Crippen LogP contribution in [-0.2, 0) is 0 Å². The first-order valence-electron chi connectivity index (χ1n) is 9.59. The van der Waals surface area contributed by atoms with Gasteiger partial charge in [0.05, 0.1) is 17.6 Å². The van der Waals surface area contributed by atoms with Crippen LogP contribution in [0.5, 0.6) is 5.75 Å². The molecule has 0 aliphatic rings. The molecule has 30 heavy (non-hydrogen) atoms. The summed E-state index contributed by atoms with van der Waals surface area (Å²) in [5.74, 6) is 0.770. The third kappa shape index (κ3) is 3.51. The third-order valence-corrected chi connectivity index (χ3v) is 5.71. The second-order valence-corrected chi connectivity index (χ2v) is 7.75. The molecule has 0 spiro atoms. The summed E-state index contributed by atoms with van der Waals surface area (Å²) >= 11 is 1.60. The Morgan fingerprint density at radius 2 is 1.63 bits per heavy atom. The van der Waals surface area contributed by atoms with Crippen LogP contribution < -0.4 is 15.4 Å². The Morgan fingerprint density at radius 1 is 0.933 bits per heavy atom. The molecule has 0 saturated carbocycles. The van der Waals surface area contributed by atoms with Crippen molar-refractivity contribution in [2.45, 2.75) is 6.92 Å². The van der Waals surface area contributed by atoms with Crippen molar-refractivity contribution in [3.8, 4) is 5.75 Å². The molecular weight excluding hydrogens is 396 g/mol. The monoisotopic (exact) mass is 414 g/mol. The van der Waals surface area contributed by atoms with E-state index in [1.165, 1.54) is 0 Å².